The lowest BCUT2D eigenvalue weighted by Gasteiger charge is -2.18. The molecule has 0 bridgehead atoms. The number of benzene rings is 1. The molecule has 0 saturated carbocycles. The molecule has 1 atom stereocenters. The van der Waals surface area contributed by atoms with Crippen molar-refractivity contribution < 1.29 is 4.39 Å². The smallest absolute Gasteiger partial charge is 0.146 e. The molecule has 0 amide bonds. The number of hydrazine groups is 1. The number of pyridine rings is 1. The van der Waals surface area contributed by atoms with Gasteiger partial charge in [0.1, 0.15) is 5.82 Å². The van der Waals surface area contributed by atoms with E-state index in [0.29, 0.717) is 5.56 Å². The molecular weight excluding hydrogens is 269 g/mol. The maximum absolute atomic E-state index is 14.0. The molecule has 3 N–H and O–H groups in total. The first-order valence-corrected chi connectivity index (χ1v) is 6.46. The fraction of sp³-hybridized carbons (Fsp3) is 0.0667. The molecule has 0 spiro atoms. The zero-order valence-electron chi connectivity index (χ0n) is 11.1. The van der Waals surface area contributed by atoms with Gasteiger partial charge in [0.15, 0.2) is 0 Å². The summed E-state index contributed by atoms with van der Waals surface area (Å²) in [5.41, 5.74) is 4.69. The number of halogens is 1. The molecule has 0 fully saturated rings. The van der Waals surface area contributed by atoms with Crippen LogP contribution in [0.2, 0.25) is 0 Å². The van der Waals surface area contributed by atoms with Gasteiger partial charge in [0, 0.05) is 18.0 Å². The molecule has 3 rings (SSSR count). The normalized spacial score (nSPS) is 12.3. The number of rotatable bonds is 4. The molecule has 0 aliphatic rings. The standard InChI is InChI=1S/C15H14FN5/c16-13-10-18-8-6-12(13)15(20-17)14-7-9-19-21(14)11-4-2-1-3-5-11/h1-10,15,20H,17H2. The predicted octanol–water partition coefficient (Wildman–Crippen LogP) is 1.96. The van der Waals surface area contributed by atoms with Crippen molar-refractivity contribution >= 4 is 0 Å². The SMILES string of the molecule is NNC(c1ccncc1F)c1ccnn1-c1ccccc1. The van der Waals surface area contributed by atoms with Gasteiger partial charge in [0.05, 0.1) is 23.6 Å². The number of para-hydroxylation sites is 1. The van der Waals surface area contributed by atoms with E-state index >= 15 is 0 Å². The average Bonchev–Trinajstić information content (AvgIpc) is 3.00. The quantitative estimate of drug-likeness (QED) is 0.567. The minimum Gasteiger partial charge on any atom is -0.271 e. The van der Waals surface area contributed by atoms with Gasteiger partial charge in [0.2, 0.25) is 0 Å². The number of aromatic nitrogens is 3. The highest BCUT2D eigenvalue weighted by molar-refractivity contribution is 5.36. The molecule has 5 nitrogen and oxygen atoms in total. The molecule has 2 aromatic heterocycles. The van der Waals surface area contributed by atoms with Crippen molar-refractivity contribution in [2.75, 3.05) is 0 Å². The Morgan fingerprint density at radius 1 is 1.10 bits per heavy atom. The van der Waals surface area contributed by atoms with Crippen LogP contribution in [0.25, 0.3) is 5.69 Å². The second-order valence-corrected chi connectivity index (χ2v) is 4.50. The van der Waals surface area contributed by atoms with Crippen LogP contribution in [0.1, 0.15) is 17.3 Å². The van der Waals surface area contributed by atoms with Crippen LogP contribution in [-0.4, -0.2) is 14.8 Å². The maximum Gasteiger partial charge on any atom is 0.146 e. The lowest BCUT2D eigenvalue weighted by atomic mass is 10.1. The van der Waals surface area contributed by atoms with Crippen LogP contribution in [0.4, 0.5) is 4.39 Å². The highest BCUT2D eigenvalue weighted by Crippen LogP contribution is 2.24. The third-order valence-electron chi connectivity index (χ3n) is 3.25. The molecule has 6 heteroatoms. The van der Waals surface area contributed by atoms with Crippen molar-refractivity contribution in [1.29, 1.82) is 0 Å². The molecule has 3 aromatic rings. The van der Waals surface area contributed by atoms with Crippen LogP contribution in [0.15, 0.2) is 61.1 Å². The second-order valence-electron chi connectivity index (χ2n) is 4.50. The van der Waals surface area contributed by atoms with E-state index in [9.17, 15) is 4.39 Å². The highest BCUT2D eigenvalue weighted by atomic mass is 19.1. The largest absolute Gasteiger partial charge is 0.271 e. The second kappa shape index (κ2) is 5.82. The fourth-order valence-corrected chi connectivity index (χ4v) is 2.27. The van der Waals surface area contributed by atoms with Crippen LogP contribution in [0.3, 0.4) is 0 Å². The number of nitrogens with two attached hydrogens (primary N) is 1. The van der Waals surface area contributed by atoms with Gasteiger partial charge in [-0.15, -0.1) is 0 Å². The van der Waals surface area contributed by atoms with Crippen molar-refractivity contribution in [2.45, 2.75) is 6.04 Å². The molecule has 0 aliphatic carbocycles. The van der Waals surface area contributed by atoms with E-state index in [1.165, 1.54) is 12.4 Å². The lowest BCUT2D eigenvalue weighted by Crippen LogP contribution is -2.31. The number of hydrogen-bond acceptors (Lipinski definition) is 4. The first-order valence-electron chi connectivity index (χ1n) is 6.46. The van der Waals surface area contributed by atoms with Gasteiger partial charge < -0.3 is 0 Å². The van der Waals surface area contributed by atoms with Gasteiger partial charge >= 0.3 is 0 Å². The Morgan fingerprint density at radius 2 is 1.90 bits per heavy atom. The summed E-state index contributed by atoms with van der Waals surface area (Å²) in [5.74, 6) is 5.22. The monoisotopic (exact) mass is 283 g/mol. The van der Waals surface area contributed by atoms with Crippen molar-refractivity contribution in [1.82, 2.24) is 20.2 Å². The van der Waals surface area contributed by atoms with E-state index in [1.54, 1.807) is 23.0 Å². The third-order valence-corrected chi connectivity index (χ3v) is 3.25. The van der Waals surface area contributed by atoms with Crippen LogP contribution in [0, 0.1) is 5.82 Å². The van der Waals surface area contributed by atoms with Gasteiger partial charge in [0.25, 0.3) is 0 Å². The van der Waals surface area contributed by atoms with E-state index in [0.717, 1.165) is 11.4 Å². The summed E-state index contributed by atoms with van der Waals surface area (Å²) in [6.45, 7) is 0. The summed E-state index contributed by atoms with van der Waals surface area (Å²) >= 11 is 0. The first kappa shape index (κ1) is 13.4. The van der Waals surface area contributed by atoms with Gasteiger partial charge in [-0.2, -0.15) is 5.10 Å². The van der Waals surface area contributed by atoms with Crippen molar-refractivity contribution in [2.24, 2.45) is 5.84 Å². The summed E-state index contributed by atoms with van der Waals surface area (Å²) in [7, 11) is 0. The Hall–Kier alpha value is -2.57. The van der Waals surface area contributed by atoms with E-state index in [1.807, 2.05) is 30.3 Å². The van der Waals surface area contributed by atoms with E-state index in [4.69, 9.17) is 5.84 Å². The zero-order chi connectivity index (χ0) is 14.7. The fourth-order valence-electron chi connectivity index (χ4n) is 2.27. The third kappa shape index (κ3) is 2.54. The summed E-state index contributed by atoms with van der Waals surface area (Å²) in [5, 5.41) is 4.29. The van der Waals surface area contributed by atoms with E-state index in [2.05, 4.69) is 15.5 Å². The van der Waals surface area contributed by atoms with Crippen LogP contribution < -0.4 is 11.3 Å². The molecule has 0 saturated heterocycles. The Bertz CT molecular complexity index is 726. The zero-order valence-corrected chi connectivity index (χ0v) is 11.1. The van der Waals surface area contributed by atoms with Crippen LogP contribution >= 0.6 is 0 Å². The maximum atomic E-state index is 14.0. The van der Waals surface area contributed by atoms with Gasteiger partial charge in [-0.3, -0.25) is 10.8 Å². The Morgan fingerprint density at radius 3 is 2.62 bits per heavy atom. The topological polar surface area (TPSA) is 68.8 Å². The highest BCUT2D eigenvalue weighted by Gasteiger charge is 2.20. The Kier molecular flexibility index (Phi) is 3.72. The van der Waals surface area contributed by atoms with Gasteiger partial charge in [-0.1, -0.05) is 18.2 Å². The number of nitrogens with one attached hydrogen (secondary N) is 1. The van der Waals surface area contributed by atoms with Crippen molar-refractivity contribution in [3.05, 3.63) is 78.1 Å². The molecule has 21 heavy (non-hydrogen) atoms. The summed E-state index contributed by atoms with van der Waals surface area (Å²) in [6, 6.07) is 12.5. The summed E-state index contributed by atoms with van der Waals surface area (Å²) in [4.78, 5) is 3.76. The van der Waals surface area contributed by atoms with Crippen molar-refractivity contribution in [3.8, 4) is 5.69 Å². The Labute approximate surface area is 121 Å². The lowest BCUT2D eigenvalue weighted by molar-refractivity contribution is 0.539. The van der Waals surface area contributed by atoms with E-state index < -0.39 is 11.9 Å². The van der Waals surface area contributed by atoms with Gasteiger partial charge in [-0.25, -0.2) is 14.5 Å². The van der Waals surface area contributed by atoms with Crippen LogP contribution in [-0.2, 0) is 0 Å². The van der Waals surface area contributed by atoms with Gasteiger partial charge in [-0.05, 0) is 24.3 Å². The predicted molar refractivity (Wildman–Crippen MR) is 76.9 cm³/mol. The summed E-state index contributed by atoms with van der Waals surface area (Å²) < 4.78 is 15.7. The first-order chi connectivity index (χ1) is 10.3. The minimum absolute atomic E-state index is 0.415. The molecule has 0 radical (unpaired) electrons. The van der Waals surface area contributed by atoms with Crippen molar-refractivity contribution in [3.63, 3.8) is 0 Å². The van der Waals surface area contributed by atoms with Crippen LogP contribution in [0.5, 0.6) is 0 Å². The average molecular weight is 283 g/mol. The molecule has 1 unspecified atom stereocenters. The molecule has 106 valence electrons. The number of hydrogen-bond donors (Lipinski definition) is 2. The molecule has 2 heterocycles. The Balaban J connectivity index is 2.08. The summed E-state index contributed by atoms with van der Waals surface area (Å²) in [6.07, 6.45) is 4.36. The molecular formula is C15H14FN5. The number of nitrogens with zero attached hydrogens (tertiary/aromatic N) is 3. The minimum atomic E-state index is -0.518. The van der Waals surface area contributed by atoms with E-state index in [-0.39, 0.29) is 0 Å². The molecule has 1 aromatic carbocycles. The molecule has 0 aliphatic heterocycles.